The Labute approximate surface area is 166 Å². The number of carbonyl (C=O) groups excluding carboxylic acids is 2. The number of hydrogen-bond acceptors (Lipinski definition) is 5. The molecule has 8 heteroatoms. The second-order valence-electron chi connectivity index (χ2n) is 6.38. The number of imidazole rings is 1. The number of para-hydroxylation sites is 2. The van der Waals surface area contributed by atoms with Crippen LogP contribution in [0, 0.1) is 0 Å². The molecule has 0 unspecified atom stereocenters. The molecule has 4 rings (SSSR count). The summed E-state index contributed by atoms with van der Waals surface area (Å²) in [7, 11) is 0. The first-order chi connectivity index (χ1) is 13.7. The third-order valence-corrected chi connectivity index (χ3v) is 5.27. The molecule has 0 radical (unpaired) electrons. The number of hydrogen-bond donors (Lipinski definition) is 2. The third kappa shape index (κ3) is 4.35. The van der Waals surface area contributed by atoms with Gasteiger partial charge in [-0.15, -0.1) is 0 Å². The summed E-state index contributed by atoms with van der Waals surface area (Å²) in [6, 6.07) is 14.8. The van der Waals surface area contributed by atoms with E-state index < -0.39 is 0 Å². The van der Waals surface area contributed by atoms with Crippen LogP contribution in [0.2, 0.25) is 0 Å². The number of ether oxygens (including phenoxy) is 1. The fourth-order valence-electron chi connectivity index (χ4n) is 3.01. The summed E-state index contributed by atoms with van der Waals surface area (Å²) in [5.41, 5.74) is 2.98. The summed E-state index contributed by atoms with van der Waals surface area (Å²) < 4.78 is 5.28. The highest BCUT2D eigenvalue weighted by molar-refractivity contribution is 7.99. The standard InChI is InChI=1S/C20H20N4O3S/c25-18(13-28-20-22-16-6-1-2-7-17(16)23-20)21-15-5-3-4-14(12-15)19(26)24-8-10-27-11-9-24/h1-7,12H,8-11,13H2,(H,21,25)(H,22,23). The second-order valence-corrected chi connectivity index (χ2v) is 7.35. The fraction of sp³-hybridized carbons (Fsp3) is 0.250. The largest absolute Gasteiger partial charge is 0.378 e. The molecule has 1 aromatic heterocycles. The van der Waals surface area contributed by atoms with Crippen LogP contribution in [0.15, 0.2) is 53.7 Å². The van der Waals surface area contributed by atoms with E-state index >= 15 is 0 Å². The lowest BCUT2D eigenvalue weighted by Crippen LogP contribution is -2.40. The summed E-state index contributed by atoms with van der Waals surface area (Å²) in [6.07, 6.45) is 0. The number of carbonyl (C=O) groups is 2. The van der Waals surface area contributed by atoms with E-state index in [2.05, 4.69) is 15.3 Å². The predicted octanol–water partition coefficient (Wildman–Crippen LogP) is 2.77. The Hall–Kier alpha value is -2.84. The van der Waals surface area contributed by atoms with Crippen LogP contribution in [0.5, 0.6) is 0 Å². The van der Waals surface area contributed by atoms with Gasteiger partial charge in [-0.25, -0.2) is 4.98 Å². The number of morpholine rings is 1. The average Bonchev–Trinajstić information content (AvgIpc) is 3.16. The van der Waals surface area contributed by atoms with E-state index in [1.54, 1.807) is 29.2 Å². The number of fused-ring (bicyclic) bond motifs is 1. The smallest absolute Gasteiger partial charge is 0.254 e. The van der Waals surface area contributed by atoms with Crippen molar-refractivity contribution in [2.24, 2.45) is 0 Å². The molecule has 2 N–H and O–H groups in total. The van der Waals surface area contributed by atoms with Crippen molar-refractivity contribution >= 4 is 40.3 Å². The molecule has 1 aliphatic rings. The van der Waals surface area contributed by atoms with Crippen LogP contribution in [-0.4, -0.2) is 58.7 Å². The number of benzene rings is 2. The van der Waals surface area contributed by atoms with Crippen molar-refractivity contribution in [3.8, 4) is 0 Å². The van der Waals surface area contributed by atoms with E-state index in [1.165, 1.54) is 11.8 Å². The number of nitrogens with zero attached hydrogens (tertiary/aromatic N) is 2. The monoisotopic (exact) mass is 396 g/mol. The molecule has 1 saturated heterocycles. The zero-order valence-corrected chi connectivity index (χ0v) is 16.0. The number of aromatic nitrogens is 2. The zero-order chi connectivity index (χ0) is 19.3. The van der Waals surface area contributed by atoms with Crippen molar-refractivity contribution in [3.63, 3.8) is 0 Å². The minimum absolute atomic E-state index is 0.0453. The number of thioether (sulfide) groups is 1. The number of amides is 2. The molecule has 3 aromatic rings. The molecule has 0 atom stereocenters. The molecule has 7 nitrogen and oxygen atoms in total. The van der Waals surface area contributed by atoms with Gasteiger partial charge in [-0.05, 0) is 30.3 Å². The van der Waals surface area contributed by atoms with Gasteiger partial charge in [0.15, 0.2) is 5.16 Å². The SMILES string of the molecule is O=C(CSc1nc2ccccc2[nH]1)Nc1cccc(C(=O)N2CCOCC2)c1. The number of nitrogens with one attached hydrogen (secondary N) is 2. The summed E-state index contributed by atoms with van der Waals surface area (Å²) in [6.45, 7) is 2.29. The quantitative estimate of drug-likeness (QED) is 0.648. The maximum absolute atomic E-state index is 12.6. The summed E-state index contributed by atoms with van der Waals surface area (Å²) in [5, 5.41) is 3.55. The van der Waals surface area contributed by atoms with Gasteiger partial charge in [-0.1, -0.05) is 30.0 Å². The average molecular weight is 396 g/mol. The lowest BCUT2D eigenvalue weighted by molar-refractivity contribution is -0.113. The summed E-state index contributed by atoms with van der Waals surface area (Å²) in [4.78, 5) is 34.3. The van der Waals surface area contributed by atoms with E-state index in [9.17, 15) is 9.59 Å². The number of anilines is 1. The van der Waals surface area contributed by atoms with Crippen molar-refractivity contribution in [1.82, 2.24) is 14.9 Å². The van der Waals surface area contributed by atoms with E-state index in [-0.39, 0.29) is 17.6 Å². The molecule has 0 aliphatic carbocycles. The van der Waals surface area contributed by atoms with E-state index in [4.69, 9.17) is 4.74 Å². The van der Waals surface area contributed by atoms with Gasteiger partial charge in [0.25, 0.3) is 5.91 Å². The molecule has 1 aliphatic heterocycles. The molecule has 28 heavy (non-hydrogen) atoms. The maximum Gasteiger partial charge on any atom is 0.254 e. The van der Waals surface area contributed by atoms with Gasteiger partial charge in [-0.2, -0.15) is 0 Å². The molecule has 2 heterocycles. The number of rotatable bonds is 5. The van der Waals surface area contributed by atoms with Crippen LogP contribution in [-0.2, 0) is 9.53 Å². The van der Waals surface area contributed by atoms with Crippen molar-refractivity contribution in [1.29, 1.82) is 0 Å². The highest BCUT2D eigenvalue weighted by atomic mass is 32.2. The molecular weight excluding hydrogens is 376 g/mol. The second kappa shape index (κ2) is 8.45. The Kier molecular flexibility index (Phi) is 5.59. The van der Waals surface area contributed by atoms with Crippen LogP contribution in [0.25, 0.3) is 11.0 Å². The summed E-state index contributed by atoms with van der Waals surface area (Å²) in [5.74, 6) is 0.0269. The summed E-state index contributed by atoms with van der Waals surface area (Å²) >= 11 is 1.34. The molecule has 2 aromatic carbocycles. The molecule has 0 spiro atoms. The van der Waals surface area contributed by atoms with Gasteiger partial charge in [0.1, 0.15) is 0 Å². The molecule has 2 amide bonds. The van der Waals surface area contributed by atoms with Crippen LogP contribution >= 0.6 is 11.8 Å². The van der Waals surface area contributed by atoms with Gasteiger partial charge >= 0.3 is 0 Å². The van der Waals surface area contributed by atoms with Gasteiger partial charge in [0.05, 0.1) is 30.0 Å². The van der Waals surface area contributed by atoms with E-state index in [1.807, 2.05) is 24.3 Å². The molecule has 144 valence electrons. The number of aromatic amines is 1. The Morgan fingerprint density at radius 3 is 2.79 bits per heavy atom. The molecule has 1 fully saturated rings. The Balaban J connectivity index is 1.35. The Morgan fingerprint density at radius 1 is 1.14 bits per heavy atom. The van der Waals surface area contributed by atoms with Crippen molar-refractivity contribution in [2.45, 2.75) is 5.16 Å². The Bertz CT molecular complexity index is 965. The fourth-order valence-corrected chi connectivity index (χ4v) is 3.69. The highest BCUT2D eigenvalue weighted by Gasteiger charge is 2.18. The minimum Gasteiger partial charge on any atom is -0.378 e. The minimum atomic E-state index is -0.151. The van der Waals surface area contributed by atoms with Crippen LogP contribution in [0.4, 0.5) is 5.69 Å². The van der Waals surface area contributed by atoms with Gasteiger partial charge in [-0.3, -0.25) is 9.59 Å². The Morgan fingerprint density at radius 2 is 1.96 bits per heavy atom. The maximum atomic E-state index is 12.6. The molecule has 0 saturated carbocycles. The van der Waals surface area contributed by atoms with Crippen LogP contribution < -0.4 is 5.32 Å². The predicted molar refractivity (Wildman–Crippen MR) is 109 cm³/mol. The first-order valence-corrected chi connectivity index (χ1v) is 10.0. The van der Waals surface area contributed by atoms with Crippen molar-refractivity contribution in [3.05, 3.63) is 54.1 Å². The van der Waals surface area contributed by atoms with Crippen molar-refractivity contribution < 1.29 is 14.3 Å². The first kappa shape index (κ1) is 18.5. The van der Waals surface area contributed by atoms with E-state index in [0.29, 0.717) is 42.7 Å². The number of H-pyrrole nitrogens is 1. The first-order valence-electron chi connectivity index (χ1n) is 9.03. The van der Waals surface area contributed by atoms with E-state index in [0.717, 1.165) is 11.0 Å². The van der Waals surface area contributed by atoms with Gasteiger partial charge in [0.2, 0.25) is 5.91 Å². The molecular formula is C20H20N4O3S. The third-order valence-electron chi connectivity index (χ3n) is 4.40. The van der Waals surface area contributed by atoms with Crippen LogP contribution in [0.1, 0.15) is 10.4 Å². The normalized spacial score (nSPS) is 14.2. The van der Waals surface area contributed by atoms with Crippen LogP contribution in [0.3, 0.4) is 0 Å². The lowest BCUT2D eigenvalue weighted by Gasteiger charge is -2.27. The molecule has 0 bridgehead atoms. The van der Waals surface area contributed by atoms with Crippen molar-refractivity contribution in [2.75, 3.05) is 37.4 Å². The topological polar surface area (TPSA) is 87.3 Å². The zero-order valence-electron chi connectivity index (χ0n) is 15.2. The van der Waals surface area contributed by atoms with Gasteiger partial charge < -0.3 is 19.9 Å². The lowest BCUT2D eigenvalue weighted by atomic mass is 10.1. The van der Waals surface area contributed by atoms with Gasteiger partial charge in [0, 0.05) is 24.3 Å². The highest BCUT2D eigenvalue weighted by Crippen LogP contribution is 2.20.